The lowest BCUT2D eigenvalue weighted by molar-refractivity contribution is -0.118. The first-order valence-corrected chi connectivity index (χ1v) is 6.67. The van der Waals surface area contributed by atoms with Crippen LogP contribution in [0.1, 0.15) is 11.1 Å². The van der Waals surface area contributed by atoms with E-state index in [9.17, 15) is 4.79 Å². The zero-order valence-corrected chi connectivity index (χ0v) is 11.0. The highest BCUT2D eigenvalue weighted by Gasteiger charge is 2.22. The zero-order valence-electron chi connectivity index (χ0n) is 11.0. The summed E-state index contributed by atoms with van der Waals surface area (Å²) in [5, 5.41) is 2.95. The zero-order chi connectivity index (χ0) is 13.9. The summed E-state index contributed by atoms with van der Waals surface area (Å²) in [7, 11) is 0. The van der Waals surface area contributed by atoms with Gasteiger partial charge in [-0.3, -0.25) is 4.79 Å². The first-order valence-electron chi connectivity index (χ1n) is 6.67. The number of nitrogens with two attached hydrogens (primary N) is 1. The van der Waals surface area contributed by atoms with E-state index in [4.69, 9.17) is 5.73 Å². The van der Waals surface area contributed by atoms with Gasteiger partial charge in [0.2, 0.25) is 5.91 Å². The highest BCUT2D eigenvalue weighted by atomic mass is 16.1. The van der Waals surface area contributed by atoms with E-state index in [0.29, 0.717) is 6.54 Å². The fraction of sp³-hybridized carbons (Fsp3) is 0.118. The molecule has 0 bridgehead atoms. The van der Waals surface area contributed by atoms with E-state index in [1.165, 1.54) is 0 Å². The SMILES string of the molecule is NC[C@@H]1C=C(c2ccccc2)c2ccccc2NC1=O. The fourth-order valence-corrected chi connectivity index (χ4v) is 2.46. The Labute approximate surface area is 118 Å². The van der Waals surface area contributed by atoms with Crippen LogP contribution in [0.5, 0.6) is 0 Å². The molecule has 3 heteroatoms. The normalized spacial score (nSPS) is 17.8. The molecule has 2 aromatic rings. The van der Waals surface area contributed by atoms with Gasteiger partial charge in [-0.1, -0.05) is 54.6 Å². The maximum Gasteiger partial charge on any atom is 0.232 e. The van der Waals surface area contributed by atoms with Gasteiger partial charge < -0.3 is 11.1 Å². The summed E-state index contributed by atoms with van der Waals surface area (Å²) in [4.78, 5) is 12.1. The molecule has 3 N–H and O–H groups in total. The largest absolute Gasteiger partial charge is 0.329 e. The number of carbonyl (C=O) groups excluding carboxylic acids is 1. The lowest BCUT2D eigenvalue weighted by atomic mass is 9.94. The topological polar surface area (TPSA) is 55.1 Å². The highest BCUT2D eigenvalue weighted by molar-refractivity contribution is 6.02. The Balaban J connectivity index is 2.20. The Morgan fingerprint density at radius 3 is 2.45 bits per heavy atom. The van der Waals surface area contributed by atoms with E-state index < -0.39 is 0 Å². The number of hydrogen-bond acceptors (Lipinski definition) is 2. The number of para-hydroxylation sites is 1. The number of carbonyl (C=O) groups is 1. The van der Waals surface area contributed by atoms with Crippen LogP contribution in [0.4, 0.5) is 5.69 Å². The van der Waals surface area contributed by atoms with Crippen molar-refractivity contribution in [2.75, 3.05) is 11.9 Å². The van der Waals surface area contributed by atoms with Crippen molar-refractivity contribution in [3.05, 3.63) is 71.8 Å². The van der Waals surface area contributed by atoms with Gasteiger partial charge in [-0.15, -0.1) is 0 Å². The van der Waals surface area contributed by atoms with E-state index in [2.05, 4.69) is 5.32 Å². The third-order valence-corrected chi connectivity index (χ3v) is 3.52. The molecule has 1 heterocycles. The van der Waals surface area contributed by atoms with Crippen LogP contribution in [0.25, 0.3) is 5.57 Å². The van der Waals surface area contributed by atoms with Gasteiger partial charge in [0.15, 0.2) is 0 Å². The molecule has 0 aromatic heterocycles. The second-order valence-electron chi connectivity index (χ2n) is 4.82. The predicted octanol–water partition coefficient (Wildman–Crippen LogP) is 2.65. The van der Waals surface area contributed by atoms with E-state index in [1.807, 2.05) is 60.7 Å². The number of amides is 1. The summed E-state index contributed by atoms with van der Waals surface area (Å²) >= 11 is 0. The average Bonchev–Trinajstić information content (AvgIpc) is 2.64. The van der Waals surface area contributed by atoms with Crippen LogP contribution in [0.2, 0.25) is 0 Å². The smallest absolute Gasteiger partial charge is 0.232 e. The van der Waals surface area contributed by atoms with Crippen molar-refractivity contribution < 1.29 is 4.79 Å². The quantitative estimate of drug-likeness (QED) is 0.876. The fourth-order valence-electron chi connectivity index (χ4n) is 2.46. The average molecular weight is 264 g/mol. The number of rotatable bonds is 2. The molecule has 0 fully saturated rings. The molecule has 3 nitrogen and oxygen atoms in total. The molecular formula is C17H16N2O. The van der Waals surface area contributed by atoms with Gasteiger partial charge in [-0.2, -0.15) is 0 Å². The van der Waals surface area contributed by atoms with Crippen LogP contribution < -0.4 is 11.1 Å². The summed E-state index contributed by atoms with van der Waals surface area (Å²) in [5.41, 5.74) is 9.74. The van der Waals surface area contributed by atoms with E-state index in [-0.39, 0.29) is 11.8 Å². The monoisotopic (exact) mass is 264 g/mol. The molecule has 1 aliphatic heterocycles. The molecule has 1 amide bonds. The van der Waals surface area contributed by atoms with Crippen LogP contribution in [-0.2, 0) is 4.79 Å². The van der Waals surface area contributed by atoms with Crippen LogP contribution in [0.3, 0.4) is 0 Å². The van der Waals surface area contributed by atoms with Gasteiger partial charge in [0.1, 0.15) is 0 Å². The predicted molar refractivity (Wildman–Crippen MR) is 81.1 cm³/mol. The molecule has 3 rings (SSSR count). The Morgan fingerprint density at radius 2 is 1.70 bits per heavy atom. The second-order valence-corrected chi connectivity index (χ2v) is 4.82. The Kier molecular flexibility index (Phi) is 3.35. The molecule has 2 aromatic carbocycles. The standard InChI is InChI=1S/C17H16N2O/c18-11-13-10-15(12-6-2-1-3-7-12)14-8-4-5-9-16(14)19-17(13)20/h1-10,13H,11,18H2,(H,19,20)/t13-/m0/s1. The van der Waals surface area contributed by atoms with Crippen molar-refractivity contribution in [3.63, 3.8) is 0 Å². The van der Waals surface area contributed by atoms with Crippen LogP contribution in [0, 0.1) is 5.92 Å². The molecular weight excluding hydrogens is 248 g/mol. The van der Waals surface area contributed by atoms with Crippen molar-refractivity contribution >= 4 is 17.2 Å². The first-order chi connectivity index (χ1) is 9.79. The number of fused-ring (bicyclic) bond motifs is 1. The molecule has 1 aliphatic rings. The van der Waals surface area contributed by atoms with Crippen molar-refractivity contribution in [1.29, 1.82) is 0 Å². The van der Waals surface area contributed by atoms with Crippen LogP contribution in [0.15, 0.2) is 60.7 Å². The molecule has 0 saturated carbocycles. The van der Waals surface area contributed by atoms with E-state index >= 15 is 0 Å². The summed E-state index contributed by atoms with van der Waals surface area (Å²) in [5.74, 6) is -0.358. The molecule has 100 valence electrons. The maximum atomic E-state index is 12.1. The summed E-state index contributed by atoms with van der Waals surface area (Å²) in [6, 6.07) is 17.9. The minimum absolute atomic E-state index is 0.0501. The molecule has 0 saturated heterocycles. The lowest BCUT2D eigenvalue weighted by Gasteiger charge is -2.10. The van der Waals surface area contributed by atoms with Crippen molar-refractivity contribution in [1.82, 2.24) is 0 Å². The van der Waals surface area contributed by atoms with Crippen molar-refractivity contribution in [2.45, 2.75) is 0 Å². The molecule has 0 spiro atoms. The minimum Gasteiger partial charge on any atom is -0.329 e. The minimum atomic E-state index is -0.308. The summed E-state index contributed by atoms with van der Waals surface area (Å²) in [6.45, 7) is 0.302. The second kappa shape index (κ2) is 5.31. The van der Waals surface area contributed by atoms with Crippen molar-refractivity contribution in [3.8, 4) is 0 Å². The molecule has 0 unspecified atom stereocenters. The Morgan fingerprint density at radius 1 is 1.00 bits per heavy atom. The number of benzene rings is 2. The molecule has 0 radical (unpaired) electrons. The van der Waals surface area contributed by atoms with Crippen molar-refractivity contribution in [2.24, 2.45) is 11.7 Å². The molecule has 1 atom stereocenters. The van der Waals surface area contributed by atoms with E-state index in [1.54, 1.807) is 0 Å². The van der Waals surface area contributed by atoms with Gasteiger partial charge in [0.05, 0.1) is 5.92 Å². The number of nitrogens with one attached hydrogen (secondary N) is 1. The summed E-state index contributed by atoms with van der Waals surface area (Å²) < 4.78 is 0. The molecule has 0 aliphatic carbocycles. The van der Waals surface area contributed by atoms with Crippen LogP contribution in [-0.4, -0.2) is 12.5 Å². The lowest BCUT2D eigenvalue weighted by Crippen LogP contribution is -2.26. The number of anilines is 1. The van der Waals surface area contributed by atoms with E-state index in [0.717, 1.165) is 22.4 Å². The maximum absolute atomic E-state index is 12.1. The van der Waals surface area contributed by atoms with Gasteiger partial charge in [-0.25, -0.2) is 0 Å². The number of hydrogen-bond donors (Lipinski definition) is 2. The molecule has 20 heavy (non-hydrogen) atoms. The highest BCUT2D eigenvalue weighted by Crippen LogP contribution is 2.33. The van der Waals surface area contributed by atoms with Gasteiger partial charge in [-0.05, 0) is 17.2 Å². The van der Waals surface area contributed by atoms with Gasteiger partial charge >= 0.3 is 0 Å². The Bertz CT molecular complexity index is 662. The van der Waals surface area contributed by atoms with Gasteiger partial charge in [0.25, 0.3) is 0 Å². The Hall–Kier alpha value is -2.39. The first kappa shape index (κ1) is 12.6. The van der Waals surface area contributed by atoms with Gasteiger partial charge in [0, 0.05) is 17.8 Å². The summed E-state index contributed by atoms with van der Waals surface area (Å²) in [6.07, 6.45) is 1.97. The third-order valence-electron chi connectivity index (χ3n) is 3.52. The third kappa shape index (κ3) is 2.24. The van der Waals surface area contributed by atoms with Crippen LogP contribution >= 0.6 is 0 Å².